The van der Waals surface area contributed by atoms with E-state index in [-0.39, 0.29) is 42.8 Å². The summed E-state index contributed by atoms with van der Waals surface area (Å²) in [5.41, 5.74) is 6.96. The molecular weight excluding hydrogens is 614 g/mol. The molecule has 0 aromatic rings. The van der Waals surface area contributed by atoms with Gasteiger partial charge >= 0.3 is 19.6 Å². The monoisotopic (exact) mass is 655 g/mol. The number of hydrogen-bond donors (Lipinski definition) is 0. The molecule has 0 aliphatic rings. The molecule has 12 nitrogen and oxygen atoms in total. The van der Waals surface area contributed by atoms with Gasteiger partial charge in [0.1, 0.15) is 0 Å². The summed E-state index contributed by atoms with van der Waals surface area (Å²) < 4.78 is 34.0. The van der Waals surface area contributed by atoms with Gasteiger partial charge in [0.2, 0.25) is 0 Å². The van der Waals surface area contributed by atoms with E-state index in [1.807, 2.05) is 28.2 Å². The van der Waals surface area contributed by atoms with Gasteiger partial charge in [-0.2, -0.15) is 0 Å². The molecule has 0 aromatic heterocycles. The summed E-state index contributed by atoms with van der Waals surface area (Å²) in [6, 6.07) is 0. The summed E-state index contributed by atoms with van der Waals surface area (Å²) in [4.78, 5) is 49.0. The first kappa shape index (κ1) is 47.3. The van der Waals surface area contributed by atoms with Crippen LogP contribution in [0.3, 0.4) is 0 Å². The molecule has 0 aliphatic carbocycles. The van der Waals surface area contributed by atoms with E-state index in [9.17, 15) is 19.2 Å². The molecule has 0 amide bonds. The Labute approximate surface area is 252 Å². The van der Waals surface area contributed by atoms with Crippen molar-refractivity contribution in [3.8, 4) is 0 Å². The summed E-state index contributed by atoms with van der Waals surface area (Å²) >= 11 is 11.0. The maximum Gasteiger partial charge on any atom is 3.00 e. The number of halogens is 3. The second kappa shape index (κ2) is 28.0. The Kier molecular flexibility index (Phi) is 34.9. The van der Waals surface area contributed by atoms with E-state index in [0.29, 0.717) is 43.2 Å². The van der Waals surface area contributed by atoms with E-state index < -0.39 is 10.2 Å². The average Bonchev–Trinajstić information content (AvgIpc) is 2.69. The van der Waals surface area contributed by atoms with Crippen molar-refractivity contribution in [2.75, 3.05) is 79.2 Å². The zero-order valence-corrected chi connectivity index (χ0v) is 26.5. The van der Waals surface area contributed by atoms with E-state index >= 15 is 0 Å². The van der Waals surface area contributed by atoms with Gasteiger partial charge in [-0.25, -0.2) is 30.5 Å². The molecule has 0 unspecified atom stereocenters. The van der Waals surface area contributed by atoms with Gasteiger partial charge < -0.3 is 39.6 Å². The topological polar surface area (TPSA) is 194 Å². The largest absolute Gasteiger partial charge is 3.00 e. The molecule has 0 saturated carbocycles. The van der Waals surface area contributed by atoms with Gasteiger partial charge in [0.05, 0.1) is 0 Å². The minimum atomic E-state index is -4.94. The van der Waals surface area contributed by atoms with Crippen LogP contribution in [-0.4, -0.2) is 117 Å². The van der Waals surface area contributed by atoms with Crippen LogP contribution in [0.15, 0.2) is 0 Å². The summed E-state index contributed by atoms with van der Waals surface area (Å²) in [5.74, 6) is 1.45. The zero-order chi connectivity index (χ0) is 30.4. The van der Waals surface area contributed by atoms with Crippen LogP contribution in [0, 0.1) is 22.1 Å². The molecule has 0 rings (SSSR count). The molecule has 1 N–H and O–H groups in total. The fourth-order valence-corrected chi connectivity index (χ4v) is 2.78. The molecular formula is C22H43Cl3CoN4O8+. The van der Waals surface area contributed by atoms with Crippen LogP contribution < -0.4 is 18.6 Å². The molecule has 0 radical (unpaired) electrons. The fraction of sp³-hybridized carbons (Fsp3) is 0.727. The number of nitrogens with one attached hydrogen (secondary N) is 1. The fourth-order valence-electron chi connectivity index (χ4n) is 2.31. The van der Waals surface area contributed by atoms with Gasteiger partial charge in [-0.1, -0.05) is 0 Å². The van der Waals surface area contributed by atoms with Crippen molar-refractivity contribution in [2.24, 2.45) is 0 Å². The molecule has 0 saturated heterocycles. The third-order valence-corrected chi connectivity index (χ3v) is 4.22. The van der Waals surface area contributed by atoms with Crippen molar-refractivity contribution in [3.05, 3.63) is 17.6 Å². The molecule has 0 fully saturated rings. The van der Waals surface area contributed by atoms with Crippen LogP contribution >= 0.6 is 23.2 Å². The molecule has 0 bridgehead atoms. The van der Waals surface area contributed by atoms with Crippen LogP contribution in [0.25, 0.3) is 5.73 Å². The Morgan fingerprint density at radius 3 is 1.05 bits per heavy atom. The minimum absolute atomic E-state index is 0. The molecule has 228 valence electrons. The third kappa shape index (κ3) is 40.0. The summed E-state index contributed by atoms with van der Waals surface area (Å²) in [5, 5.41) is 0. The molecule has 0 aromatic carbocycles. The van der Waals surface area contributed by atoms with Gasteiger partial charge in [-0.3, -0.25) is 0 Å². The first-order valence-corrected chi connectivity index (χ1v) is 13.2. The molecule has 0 heterocycles. The Bertz CT molecular complexity index is 567. The van der Waals surface area contributed by atoms with Crippen molar-refractivity contribution in [2.45, 2.75) is 27.7 Å². The van der Waals surface area contributed by atoms with Gasteiger partial charge in [-0.15, -0.1) is 53.1 Å². The quantitative estimate of drug-likeness (QED) is 0.113. The van der Waals surface area contributed by atoms with E-state index in [4.69, 9.17) is 47.6 Å². The van der Waals surface area contributed by atoms with Crippen LogP contribution in [0.4, 0.5) is 0 Å². The zero-order valence-electron chi connectivity index (χ0n) is 25.2. The standard InChI is InChI=1S/2C8H14NO2.C6H13Cl2N2.ClHO4.Co/c2*1-6(10)8(7(2)11)5-9(3)4;7-1-4-10(5-2-8)6-3-9;2-1(3,4)5;/h2*5H2,1-4H3;9H,1-6H2;(H,2,3,4,5);/q3*-1;;+3/p+1. The first-order valence-electron chi connectivity index (χ1n) is 10.9. The number of rotatable bonds is 14. The summed E-state index contributed by atoms with van der Waals surface area (Å²) in [7, 11) is 2.36. The van der Waals surface area contributed by atoms with Gasteiger partial charge in [-0.05, 0) is 62.4 Å². The van der Waals surface area contributed by atoms with Crippen molar-refractivity contribution < 1.29 is 67.7 Å². The number of carbonyl (C=O) groups excluding carboxylic acids is 4. The molecule has 0 atom stereocenters. The van der Waals surface area contributed by atoms with Crippen molar-refractivity contribution in [3.63, 3.8) is 0 Å². The average molecular weight is 657 g/mol. The molecule has 38 heavy (non-hydrogen) atoms. The van der Waals surface area contributed by atoms with Crippen LogP contribution in [0.1, 0.15) is 30.5 Å². The number of carbonyl (C=O) groups is 4. The Hall–Kier alpha value is -0.524. The molecule has 16 heteroatoms. The second-order valence-corrected chi connectivity index (χ2v) is 9.52. The van der Waals surface area contributed by atoms with Crippen LogP contribution in [0.5, 0.6) is 0 Å². The molecule has 0 aliphatic heterocycles. The Morgan fingerprint density at radius 2 is 0.947 bits per heavy atom. The van der Waals surface area contributed by atoms with Crippen LogP contribution in [-0.2, 0) is 36.0 Å². The van der Waals surface area contributed by atoms with Gasteiger partial charge in [0, 0.05) is 48.0 Å². The maximum absolute atomic E-state index is 10.8. The number of ketones is 4. The predicted molar refractivity (Wildman–Crippen MR) is 136 cm³/mol. The number of Topliss-reactive ketones (excluding diaryl/α,β-unsaturated/α-hetero) is 4. The third-order valence-electron chi connectivity index (χ3n) is 3.88. The van der Waals surface area contributed by atoms with Crippen LogP contribution in [0.2, 0.25) is 0 Å². The van der Waals surface area contributed by atoms with Gasteiger partial charge in [0.15, 0.2) is 0 Å². The smallest absolute Gasteiger partial charge is 0.676 e. The second-order valence-electron chi connectivity index (χ2n) is 8.00. The Balaban J connectivity index is -0.0000000729. The van der Waals surface area contributed by atoms with E-state index in [0.717, 1.165) is 19.6 Å². The number of alkyl halides is 2. The SMILES string of the molecule is CC(=O)[C-](CN(C)C)C(C)=O.CC(=O)[C-](CN(C)C)C(C)=O.[Co+3].[H+].[H+].[NH-]CCN(CCCl)CCCl.[O-][Cl+3]([O-])([O-])[O-]. The van der Waals surface area contributed by atoms with E-state index in [1.54, 1.807) is 9.80 Å². The van der Waals surface area contributed by atoms with Crippen molar-refractivity contribution >= 4 is 46.3 Å². The van der Waals surface area contributed by atoms with E-state index in [2.05, 4.69) is 4.90 Å². The van der Waals surface area contributed by atoms with E-state index in [1.165, 1.54) is 27.7 Å². The van der Waals surface area contributed by atoms with Crippen molar-refractivity contribution in [1.29, 1.82) is 0 Å². The maximum atomic E-state index is 10.8. The number of nitrogens with zero attached hydrogens (tertiary/aromatic N) is 3. The predicted octanol–water partition coefficient (Wildman–Crippen LogP) is -2.11. The summed E-state index contributed by atoms with van der Waals surface area (Å²) in [6.45, 7) is 9.42. The van der Waals surface area contributed by atoms with Crippen molar-refractivity contribution in [1.82, 2.24) is 14.7 Å². The normalized spacial score (nSPS) is 10.2. The van der Waals surface area contributed by atoms with Gasteiger partial charge in [0.25, 0.3) is 0 Å². The first-order chi connectivity index (χ1) is 16.7. The minimum Gasteiger partial charge on any atom is -0.676 e. The summed E-state index contributed by atoms with van der Waals surface area (Å²) in [6.07, 6.45) is 0. The molecule has 0 spiro atoms. The number of hydrogen-bond acceptors (Lipinski definition) is 11. The Morgan fingerprint density at radius 1 is 0.711 bits per heavy atom.